The first-order valence-electron chi connectivity index (χ1n) is 7.56. The van der Waals surface area contributed by atoms with Crippen LogP contribution < -0.4 is 10.2 Å². The normalized spacial score (nSPS) is 17.8. The average molecular weight is 334 g/mol. The van der Waals surface area contributed by atoms with Crippen LogP contribution in [0.5, 0.6) is 0 Å². The Morgan fingerprint density at radius 2 is 1.96 bits per heavy atom. The molecule has 0 radical (unpaired) electrons. The number of methoxy groups -OCH3 is 1. The number of rotatable bonds is 4. The van der Waals surface area contributed by atoms with Gasteiger partial charge in [0.2, 0.25) is 11.8 Å². The van der Waals surface area contributed by atoms with E-state index in [-0.39, 0.29) is 17.9 Å². The van der Waals surface area contributed by atoms with Crippen LogP contribution in [0.2, 0.25) is 0 Å². The Hall–Kier alpha value is -2.70. The lowest BCUT2D eigenvalue weighted by Crippen LogP contribution is -2.44. The number of hydrogen-bond donors (Lipinski definition) is 1. The van der Waals surface area contributed by atoms with E-state index in [9.17, 15) is 18.8 Å². The zero-order valence-corrected chi connectivity index (χ0v) is 13.8. The third kappa shape index (κ3) is 3.29. The summed E-state index contributed by atoms with van der Waals surface area (Å²) in [6.45, 7) is 3.71. The SMILES string of the molecule is CCNC(=O)[C@@H]1CC(=O)N(c2ccc(F)cc2)C(C)=C1C(=O)OC. The highest BCUT2D eigenvalue weighted by atomic mass is 19.1. The van der Waals surface area contributed by atoms with Crippen molar-refractivity contribution in [3.8, 4) is 0 Å². The molecule has 2 amide bonds. The number of carbonyl (C=O) groups is 3. The lowest BCUT2D eigenvalue weighted by Gasteiger charge is -2.33. The fourth-order valence-corrected chi connectivity index (χ4v) is 2.78. The van der Waals surface area contributed by atoms with Crippen molar-refractivity contribution in [2.45, 2.75) is 20.3 Å². The lowest BCUT2D eigenvalue weighted by molar-refractivity contribution is -0.139. The summed E-state index contributed by atoms with van der Waals surface area (Å²) in [5.74, 6) is -2.74. The molecular formula is C17H19FN2O4. The number of ether oxygens (including phenoxy) is 1. The summed E-state index contributed by atoms with van der Waals surface area (Å²) in [6.07, 6.45) is -0.162. The van der Waals surface area contributed by atoms with Crippen molar-refractivity contribution in [3.05, 3.63) is 41.4 Å². The minimum absolute atomic E-state index is 0.132. The molecular weight excluding hydrogens is 315 g/mol. The molecule has 0 unspecified atom stereocenters. The van der Waals surface area contributed by atoms with E-state index in [1.807, 2.05) is 0 Å². The standard InChI is InChI=1S/C17H19FN2O4/c1-4-19-16(22)13-9-14(21)20(10(2)15(13)17(23)24-3)12-7-5-11(18)6-8-12/h5-8,13H,4,9H2,1-3H3,(H,19,22)/t13-/m1/s1. The van der Waals surface area contributed by atoms with Gasteiger partial charge in [-0.05, 0) is 38.1 Å². The smallest absolute Gasteiger partial charge is 0.336 e. The fourth-order valence-electron chi connectivity index (χ4n) is 2.78. The van der Waals surface area contributed by atoms with Crippen LogP contribution in [0.3, 0.4) is 0 Å². The molecule has 0 saturated heterocycles. The maximum Gasteiger partial charge on any atom is 0.336 e. The summed E-state index contributed by atoms with van der Waals surface area (Å²) < 4.78 is 17.9. The minimum atomic E-state index is -0.901. The summed E-state index contributed by atoms with van der Waals surface area (Å²) in [6, 6.07) is 5.34. The molecule has 0 fully saturated rings. The van der Waals surface area contributed by atoms with Crippen LogP contribution >= 0.6 is 0 Å². The summed E-state index contributed by atoms with van der Waals surface area (Å²) in [5.41, 5.74) is 0.864. The molecule has 1 aliphatic heterocycles. The topological polar surface area (TPSA) is 75.7 Å². The second-order valence-electron chi connectivity index (χ2n) is 5.35. The van der Waals surface area contributed by atoms with Gasteiger partial charge in [-0.25, -0.2) is 9.18 Å². The third-order valence-electron chi connectivity index (χ3n) is 3.86. The highest BCUT2D eigenvalue weighted by Gasteiger charge is 2.40. The molecule has 1 aliphatic rings. The second kappa shape index (κ2) is 7.25. The van der Waals surface area contributed by atoms with E-state index >= 15 is 0 Å². The number of benzene rings is 1. The molecule has 24 heavy (non-hydrogen) atoms. The van der Waals surface area contributed by atoms with Crippen LogP contribution in [0.15, 0.2) is 35.5 Å². The van der Waals surface area contributed by atoms with E-state index in [0.29, 0.717) is 17.9 Å². The van der Waals surface area contributed by atoms with Gasteiger partial charge in [0.05, 0.1) is 18.6 Å². The van der Waals surface area contributed by atoms with E-state index in [0.717, 1.165) is 0 Å². The van der Waals surface area contributed by atoms with Crippen molar-refractivity contribution >= 4 is 23.5 Å². The number of hydrogen-bond acceptors (Lipinski definition) is 4. The largest absolute Gasteiger partial charge is 0.466 e. The van der Waals surface area contributed by atoms with Crippen molar-refractivity contribution in [1.29, 1.82) is 0 Å². The molecule has 0 spiro atoms. The third-order valence-corrected chi connectivity index (χ3v) is 3.86. The van der Waals surface area contributed by atoms with Crippen molar-refractivity contribution < 1.29 is 23.5 Å². The maximum absolute atomic E-state index is 13.1. The number of amides is 2. The second-order valence-corrected chi connectivity index (χ2v) is 5.35. The highest BCUT2D eigenvalue weighted by molar-refractivity contribution is 6.08. The van der Waals surface area contributed by atoms with Crippen LogP contribution in [0.25, 0.3) is 0 Å². The van der Waals surface area contributed by atoms with Gasteiger partial charge < -0.3 is 10.1 Å². The predicted molar refractivity (Wildman–Crippen MR) is 85.4 cm³/mol. The lowest BCUT2D eigenvalue weighted by atomic mass is 9.88. The predicted octanol–water partition coefficient (Wildman–Crippen LogP) is 1.76. The summed E-state index contributed by atoms with van der Waals surface area (Å²) in [7, 11) is 1.22. The zero-order valence-electron chi connectivity index (χ0n) is 13.8. The first-order chi connectivity index (χ1) is 11.4. The average Bonchev–Trinajstić information content (AvgIpc) is 2.55. The Labute approximate surface area is 139 Å². The number of nitrogens with one attached hydrogen (secondary N) is 1. The number of halogens is 1. The minimum Gasteiger partial charge on any atom is -0.466 e. The number of esters is 1. The van der Waals surface area contributed by atoms with Crippen molar-refractivity contribution in [2.75, 3.05) is 18.6 Å². The van der Waals surface area contributed by atoms with Gasteiger partial charge in [0, 0.05) is 24.4 Å². The monoisotopic (exact) mass is 334 g/mol. The van der Waals surface area contributed by atoms with Gasteiger partial charge in [0.25, 0.3) is 0 Å². The van der Waals surface area contributed by atoms with Crippen molar-refractivity contribution in [1.82, 2.24) is 5.32 Å². The maximum atomic E-state index is 13.1. The quantitative estimate of drug-likeness (QED) is 0.852. The molecule has 6 nitrogen and oxygen atoms in total. The van der Waals surface area contributed by atoms with Crippen molar-refractivity contribution in [3.63, 3.8) is 0 Å². The Balaban J connectivity index is 2.52. The van der Waals surface area contributed by atoms with E-state index in [2.05, 4.69) is 5.32 Å². The van der Waals surface area contributed by atoms with E-state index < -0.39 is 23.6 Å². The van der Waals surface area contributed by atoms with Crippen molar-refractivity contribution in [2.24, 2.45) is 5.92 Å². The fraction of sp³-hybridized carbons (Fsp3) is 0.353. The Morgan fingerprint density at radius 1 is 1.33 bits per heavy atom. The highest BCUT2D eigenvalue weighted by Crippen LogP contribution is 2.33. The Kier molecular flexibility index (Phi) is 5.33. The van der Waals surface area contributed by atoms with Gasteiger partial charge in [-0.1, -0.05) is 0 Å². The van der Waals surface area contributed by atoms with Crippen LogP contribution in [0, 0.1) is 11.7 Å². The molecule has 0 aromatic heterocycles. The van der Waals surface area contributed by atoms with Gasteiger partial charge in [-0.3, -0.25) is 14.5 Å². The van der Waals surface area contributed by atoms with E-state index in [1.54, 1.807) is 13.8 Å². The summed E-state index contributed by atoms with van der Waals surface area (Å²) in [5, 5.41) is 2.63. The van der Waals surface area contributed by atoms with E-state index in [1.165, 1.54) is 36.3 Å². The first-order valence-corrected chi connectivity index (χ1v) is 7.56. The molecule has 1 atom stereocenters. The Bertz CT molecular complexity index is 697. The van der Waals surface area contributed by atoms with Gasteiger partial charge in [-0.2, -0.15) is 0 Å². The van der Waals surface area contributed by atoms with Gasteiger partial charge in [0.1, 0.15) is 5.82 Å². The van der Waals surface area contributed by atoms with Gasteiger partial charge in [-0.15, -0.1) is 0 Å². The summed E-state index contributed by atoms with van der Waals surface area (Å²) in [4.78, 5) is 38.2. The Morgan fingerprint density at radius 3 is 2.50 bits per heavy atom. The summed E-state index contributed by atoms with van der Waals surface area (Å²) >= 11 is 0. The van der Waals surface area contributed by atoms with Crippen LogP contribution in [-0.2, 0) is 19.1 Å². The van der Waals surface area contributed by atoms with E-state index in [4.69, 9.17) is 4.74 Å². The molecule has 0 aliphatic carbocycles. The van der Waals surface area contributed by atoms with Crippen LogP contribution in [0.4, 0.5) is 10.1 Å². The number of carbonyl (C=O) groups excluding carboxylic acids is 3. The molecule has 1 heterocycles. The number of anilines is 1. The molecule has 128 valence electrons. The van der Waals surface area contributed by atoms with Crippen LogP contribution in [-0.4, -0.2) is 31.4 Å². The van der Waals surface area contributed by atoms with Crippen LogP contribution in [0.1, 0.15) is 20.3 Å². The molecule has 7 heteroatoms. The molecule has 2 rings (SSSR count). The molecule has 0 bridgehead atoms. The molecule has 1 aromatic rings. The van der Waals surface area contributed by atoms with Gasteiger partial charge in [0.15, 0.2) is 0 Å². The molecule has 1 aromatic carbocycles. The first kappa shape index (κ1) is 17.7. The molecule has 1 N–H and O–H groups in total. The number of allylic oxidation sites excluding steroid dienone is 1. The number of nitrogens with zero attached hydrogens (tertiary/aromatic N) is 1. The zero-order chi connectivity index (χ0) is 17.9. The molecule has 0 saturated carbocycles. The van der Waals surface area contributed by atoms with Gasteiger partial charge >= 0.3 is 5.97 Å².